The van der Waals surface area contributed by atoms with Gasteiger partial charge in [0.05, 0.1) is 0 Å². The molecule has 5 N–H and O–H groups in total. The third-order valence-electron chi connectivity index (χ3n) is 0.865. The lowest BCUT2D eigenvalue weighted by Crippen LogP contribution is -2.28. The van der Waals surface area contributed by atoms with Crippen molar-refractivity contribution in [1.29, 1.82) is 0 Å². The molecule has 0 aliphatic carbocycles. The molecule has 0 spiro atoms. The predicted molar refractivity (Wildman–Crippen MR) is 42.3 cm³/mol. The van der Waals surface area contributed by atoms with E-state index in [1.807, 2.05) is 0 Å². The summed E-state index contributed by atoms with van der Waals surface area (Å²) in [5, 5.41) is 38.7. The van der Waals surface area contributed by atoms with E-state index in [-0.39, 0.29) is 0 Å². The Morgan fingerprint density at radius 1 is 1.00 bits per heavy atom. The number of carboxylic acid groups (broad SMARTS) is 3. The molecule has 0 aliphatic heterocycles. The van der Waals surface area contributed by atoms with Crippen molar-refractivity contribution in [3.8, 4) is 0 Å². The second-order valence-electron chi connectivity index (χ2n) is 2.11. The molecule has 10 heteroatoms. The highest BCUT2D eigenvalue weighted by Gasteiger charge is 2.20. The second kappa shape index (κ2) is 8.14. The second-order valence-corrected chi connectivity index (χ2v) is 2.11. The van der Waals surface area contributed by atoms with E-state index in [0.717, 1.165) is 0 Å². The van der Waals surface area contributed by atoms with Gasteiger partial charge < -0.3 is 25.3 Å². The van der Waals surface area contributed by atoms with E-state index >= 15 is 0 Å². The largest absolute Gasteiger partial charge is 0.481 e. The van der Waals surface area contributed by atoms with Crippen LogP contribution in [0, 0.1) is 0 Å². The lowest BCUT2D eigenvalue weighted by molar-refractivity contribution is -0.234. The van der Waals surface area contributed by atoms with Crippen LogP contribution in [-0.4, -0.2) is 55.7 Å². The first kappa shape index (κ1) is 16.2. The molecule has 16 heavy (non-hydrogen) atoms. The van der Waals surface area contributed by atoms with Gasteiger partial charge in [0.25, 0.3) is 0 Å². The number of hydrogen-bond donors (Lipinski definition) is 5. The summed E-state index contributed by atoms with van der Waals surface area (Å²) in [4.78, 5) is 41.4. The van der Waals surface area contributed by atoms with Crippen LogP contribution in [0.15, 0.2) is 0 Å². The van der Waals surface area contributed by atoms with Gasteiger partial charge in [-0.1, -0.05) is 0 Å². The van der Waals surface area contributed by atoms with Crippen molar-refractivity contribution in [2.75, 3.05) is 0 Å². The summed E-state index contributed by atoms with van der Waals surface area (Å²) in [5.41, 5.74) is 0. The molecule has 0 amide bonds. The number of aliphatic hydroxyl groups excluding tert-OH is 1. The quantitative estimate of drug-likeness (QED) is 0.209. The zero-order valence-corrected chi connectivity index (χ0v) is 7.56. The fraction of sp³-hybridized carbons (Fsp3) is 0.333. The lowest BCUT2D eigenvalue weighted by Gasteiger charge is -1.93. The predicted octanol–water partition coefficient (Wildman–Crippen LogP) is -2.01. The Balaban J connectivity index is 0. The maximum absolute atomic E-state index is 9.77. The van der Waals surface area contributed by atoms with Gasteiger partial charge in [0.1, 0.15) is 6.42 Å². The number of carbonyl (C=O) groups is 4. The molecule has 0 saturated heterocycles. The molecule has 0 aromatic rings. The van der Waals surface area contributed by atoms with E-state index in [0.29, 0.717) is 0 Å². The van der Waals surface area contributed by atoms with Gasteiger partial charge in [0, 0.05) is 0 Å². The van der Waals surface area contributed by atoms with Gasteiger partial charge in [-0.05, 0) is 0 Å². The van der Waals surface area contributed by atoms with E-state index in [2.05, 4.69) is 4.89 Å². The standard InChI is InChI=1S/2C3H4O5/c4-2(5)1-3(6)8-7;4-1(2(5)6)3(7)8/h7H,1H2,(H,4,5);1,4H,(H,5,6)(H,7,8). The maximum Gasteiger partial charge on any atom is 0.353 e. The Kier molecular flexibility index (Phi) is 8.26. The van der Waals surface area contributed by atoms with Crippen LogP contribution in [0.4, 0.5) is 0 Å². The Morgan fingerprint density at radius 3 is 1.44 bits per heavy atom. The molecule has 92 valence electrons. The molecule has 0 bridgehead atoms. The van der Waals surface area contributed by atoms with Crippen molar-refractivity contribution in [2.45, 2.75) is 12.5 Å². The molecular formula is C6H8O10. The van der Waals surface area contributed by atoms with Gasteiger partial charge in [-0.2, -0.15) is 5.26 Å². The van der Waals surface area contributed by atoms with Gasteiger partial charge in [-0.15, -0.1) is 0 Å². The normalized spacial score (nSPS) is 8.69. The molecule has 0 atom stereocenters. The van der Waals surface area contributed by atoms with E-state index in [9.17, 15) is 19.2 Å². The van der Waals surface area contributed by atoms with E-state index < -0.39 is 36.4 Å². The van der Waals surface area contributed by atoms with E-state index in [1.54, 1.807) is 0 Å². The summed E-state index contributed by atoms with van der Waals surface area (Å²) in [6.07, 6.45) is -3.11. The van der Waals surface area contributed by atoms with Crippen LogP contribution in [0.25, 0.3) is 0 Å². The van der Waals surface area contributed by atoms with Crippen molar-refractivity contribution >= 4 is 23.9 Å². The molecule has 0 heterocycles. The molecule has 10 nitrogen and oxygen atoms in total. The van der Waals surface area contributed by atoms with Crippen molar-refractivity contribution < 1.29 is 49.7 Å². The minimum atomic E-state index is -2.30. The fourth-order valence-corrected chi connectivity index (χ4v) is 0.261. The summed E-state index contributed by atoms with van der Waals surface area (Å²) < 4.78 is 0. The van der Waals surface area contributed by atoms with Crippen molar-refractivity contribution in [3.05, 3.63) is 0 Å². The fourth-order valence-electron chi connectivity index (χ4n) is 0.261. The average molecular weight is 240 g/mol. The first-order chi connectivity index (χ1) is 7.22. The minimum Gasteiger partial charge on any atom is -0.481 e. The molecule has 0 aromatic heterocycles. The molecular weight excluding hydrogens is 232 g/mol. The van der Waals surface area contributed by atoms with Crippen LogP contribution >= 0.6 is 0 Å². The van der Waals surface area contributed by atoms with Crippen LogP contribution < -0.4 is 0 Å². The summed E-state index contributed by atoms with van der Waals surface area (Å²) in [7, 11) is 0. The van der Waals surface area contributed by atoms with Gasteiger partial charge in [-0.25, -0.2) is 14.4 Å². The van der Waals surface area contributed by atoms with Gasteiger partial charge >= 0.3 is 23.9 Å². The molecule has 0 unspecified atom stereocenters. The number of carboxylic acids is 3. The van der Waals surface area contributed by atoms with Crippen LogP contribution in [-0.2, 0) is 24.1 Å². The number of aliphatic hydroxyl groups is 1. The van der Waals surface area contributed by atoms with Gasteiger partial charge in [0.2, 0.25) is 6.10 Å². The van der Waals surface area contributed by atoms with Crippen LogP contribution in [0.5, 0.6) is 0 Å². The Hall–Kier alpha value is -2.20. The van der Waals surface area contributed by atoms with Crippen LogP contribution in [0.3, 0.4) is 0 Å². The van der Waals surface area contributed by atoms with Gasteiger partial charge in [0.15, 0.2) is 0 Å². The molecule has 0 rings (SSSR count). The molecule has 0 aliphatic rings. The lowest BCUT2D eigenvalue weighted by atomic mass is 10.4. The third kappa shape index (κ3) is 9.88. The monoisotopic (exact) mass is 240 g/mol. The van der Waals surface area contributed by atoms with Gasteiger partial charge in [-0.3, -0.25) is 4.79 Å². The number of carbonyl (C=O) groups excluding carboxylic acids is 1. The van der Waals surface area contributed by atoms with Crippen molar-refractivity contribution in [1.82, 2.24) is 0 Å². The summed E-state index contributed by atoms with van der Waals surface area (Å²) in [6.45, 7) is 0. The summed E-state index contributed by atoms with van der Waals surface area (Å²) in [5.74, 6) is -6.00. The first-order valence-electron chi connectivity index (χ1n) is 3.42. The van der Waals surface area contributed by atoms with E-state index in [1.165, 1.54) is 0 Å². The molecule has 0 aromatic carbocycles. The zero-order valence-electron chi connectivity index (χ0n) is 7.56. The first-order valence-corrected chi connectivity index (χ1v) is 3.42. The Morgan fingerprint density at radius 2 is 1.38 bits per heavy atom. The zero-order chi connectivity index (χ0) is 13.3. The van der Waals surface area contributed by atoms with Crippen molar-refractivity contribution in [2.24, 2.45) is 0 Å². The smallest absolute Gasteiger partial charge is 0.353 e. The topological polar surface area (TPSA) is 179 Å². The number of rotatable bonds is 4. The highest BCUT2D eigenvalue weighted by Crippen LogP contribution is 1.80. The van der Waals surface area contributed by atoms with Crippen LogP contribution in [0.2, 0.25) is 0 Å². The Labute approximate surface area is 87.2 Å². The van der Waals surface area contributed by atoms with Crippen LogP contribution in [0.1, 0.15) is 6.42 Å². The van der Waals surface area contributed by atoms with Crippen molar-refractivity contribution in [3.63, 3.8) is 0 Å². The molecule has 0 radical (unpaired) electrons. The SMILES string of the molecule is O=C(O)C(O)C(=O)O.O=C(O)CC(=O)OO. The average Bonchev–Trinajstić information content (AvgIpc) is 2.16. The summed E-state index contributed by atoms with van der Waals surface area (Å²) >= 11 is 0. The highest BCUT2D eigenvalue weighted by molar-refractivity contribution is 5.95. The Bertz CT molecular complexity index is 264. The minimum absolute atomic E-state index is 0.809. The van der Waals surface area contributed by atoms with E-state index in [4.69, 9.17) is 25.7 Å². The maximum atomic E-state index is 9.77. The number of hydrogen-bond acceptors (Lipinski definition) is 7. The highest BCUT2D eigenvalue weighted by atomic mass is 17.1. The molecule has 0 saturated carbocycles. The summed E-state index contributed by atoms with van der Waals surface area (Å²) in [6, 6.07) is 0. The molecule has 0 fully saturated rings. The number of aliphatic carboxylic acids is 3. The third-order valence-corrected chi connectivity index (χ3v) is 0.865.